The fraction of sp³-hybridized carbons (Fsp3) is 0.143. The van der Waals surface area contributed by atoms with Crippen LogP contribution in [0.1, 0.15) is 5.56 Å². The third-order valence-electron chi connectivity index (χ3n) is 2.58. The molecule has 2 rings (SSSR count). The first-order valence-corrected chi connectivity index (χ1v) is 6.11. The number of hydrogen-bond donors (Lipinski definition) is 1. The van der Waals surface area contributed by atoms with Crippen LogP contribution < -0.4 is 0 Å². The van der Waals surface area contributed by atoms with E-state index in [2.05, 4.69) is 6.07 Å². The van der Waals surface area contributed by atoms with Gasteiger partial charge in [-0.1, -0.05) is 53.5 Å². The second-order valence-corrected chi connectivity index (χ2v) is 4.62. The number of benzene rings is 2. The molecule has 0 spiro atoms. The van der Waals surface area contributed by atoms with E-state index in [-0.39, 0.29) is 6.61 Å². The van der Waals surface area contributed by atoms with Crippen LogP contribution in [0, 0.1) is 0 Å². The highest BCUT2D eigenvalue weighted by Gasteiger charge is 2.02. The monoisotopic (exact) mass is 266 g/mol. The molecule has 0 bridgehead atoms. The van der Waals surface area contributed by atoms with Crippen molar-refractivity contribution in [2.75, 3.05) is 6.61 Å². The first-order chi connectivity index (χ1) is 8.20. The Balaban J connectivity index is 2.38. The molecule has 0 saturated heterocycles. The van der Waals surface area contributed by atoms with E-state index in [1.807, 2.05) is 30.3 Å². The zero-order chi connectivity index (χ0) is 12.3. The summed E-state index contributed by atoms with van der Waals surface area (Å²) in [6.45, 7) is 0.158. The van der Waals surface area contributed by atoms with Crippen molar-refractivity contribution in [3.05, 3.63) is 58.1 Å². The van der Waals surface area contributed by atoms with E-state index in [0.29, 0.717) is 16.5 Å². The van der Waals surface area contributed by atoms with Crippen molar-refractivity contribution >= 4 is 23.2 Å². The Bertz CT molecular complexity index is 523. The summed E-state index contributed by atoms with van der Waals surface area (Å²) in [7, 11) is 0. The molecule has 0 aliphatic carbocycles. The van der Waals surface area contributed by atoms with Crippen LogP contribution in [0.3, 0.4) is 0 Å². The molecule has 2 aromatic rings. The predicted octanol–water partition coefficient (Wildman–Crippen LogP) is 4.20. The van der Waals surface area contributed by atoms with Crippen LogP contribution >= 0.6 is 23.2 Å². The summed E-state index contributed by atoms with van der Waals surface area (Å²) in [6.07, 6.45) is 0.662. The number of halogens is 2. The standard InChI is InChI=1S/C14H12Cl2O/c15-13-5-4-12(9-14(13)16)11-3-1-2-10(8-11)6-7-17/h1-5,8-9,17H,6-7H2. The van der Waals surface area contributed by atoms with Gasteiger partial charge in [-0.05, 0) is 35.2 Å². The van der Waals surface area contributed by atoms with Gasteiger partial charge >= 0.3 is 0 Å². The Morgan fingerprint density at radius 2 is 1.65 bits per heavy atom. The predicted molar refractivity (Wildman–Crippen MR) is 72.7 cm³/mol. The molecule has 88 valence electrons. The minimum absolute atomic E-state index is 0.158. The van der Waals surface area contributed by atoms with Crippen molar-refractivity contribution in [2.45, 2.75) is 6.42 Å². The molecule has 1 N–H and O–H groups in total. The first kappa shape index (κ1) is 12.4. The number of rotatable bonds is 3. The minimum Gasteiger partial charge on any atom is -0.396 e. The van der Waals surface area contributed by atoms with Gasteiger partial charge in [-0.2, -0.15) is 0 Å². The number of hydrogen-bond acceptors (Lipinski definition) is 1. The van der Waals surface area contributed by atoms with E-state index in [9.17, 15) is 0 Å². The van der Waals surface area contributed by atoms with E-state index in [1.165, 1.54) is 0 Å². The average molecular weight is 267 g/mol. The fourth-order valence-electron chi connectivity index (χ4n) is 1.71. The molecule has 17 heavy (non-hydrogen) atoms. The molecular weight excluding hydrogens is 255 g/mol. The lowest BCUT2D eigenvalue weighted by molar-refractivity contribution is 0.299. The maximum absolute atomic E-state index is 8.92. The molecule has 0 atom stereocenters. The number of aliphatic hydroxyl groups is 1. The molecule has 0 radical (unpaired) electrons. The van der Waals surface area contributed by atoms with Gasteiger partial charge in [0.2, 0.25) is 0 Å². The lowest BCUT2D eigenvalue weighted by Gasteiger charge is -2.06. The Labute approximate surface area is 111 Å². The van der Waals surface area contributed by atoms with Crippen molar-refractivity contribution in [2.24, 2.45) is 0 Å². The highest BCUT2D eigenvalue weighted by molar-refractivity contribution is 6.42. The maximum atomic E-state index is 8.92. The third-order valence-corrected chi connectivity index (χ3v) is 3.32. The summed E-state index contributed by atoms with van der Waals surface area (Å²) in [5, 5.41) is 10.0. The molecule has 0 unspecified atom stereocenters. The average Bonchev–Trinajstić information content (AvgIpc) is 2.33. The van der Waals surface area contributed by atoms with Crippen LogP contribution in [0.2, 0.25) is 10.0 Å². The molecule has 3 heteroatoms. The van der Waals surface area contributed by atoms with Crippen molar-refractivity contribution in [1.82, 2.24) is 0 Å². The molecule has 0 aromatic heterocycles. The van der Waals surface area contributed by atoms with Gasteiger partial charge in [0, 0.05) is 6.61 Å². The topological polar surface area (TPSA) is 20.2 Å². The summed E-state index contributed by atoms with van der Waals surface area (Å²) in [5.74, 6) is 0. The second kappa shape index (κ2) is 5.54. The van der Waals surface area contributed by atoms with Crippen molar-refractivity contribution in [3.8, 4) is 11.1 Å². The molecule has 0 saturated carbocycles. The molecule has 0 amide bonds. The van der Waals surface area contributed by atoms with E-state index in [4.69, 9.17) is 28.3 Å². The Hall–Kier alpha value is -1.02. The lowest BCUT2D eigenvalue weighted by Crippen LogP contribution is -1.90. The Morgan fingerprint density at radius 1 is 0.882 bits per heavy atom. The zero-order valence-electron chi connectivity index (χ0n) is 9.16. The van der Waals surface area contributed by atoms with Gasteiger partial charge in [-0.15, -0.1) is 0 Å². The molecule has 1 nitrogen and oxygen atoms in total. The van der Waals surface area contributed by atoms with Gasteiger partial charge in [0.1, 0.15) is 0 Å². The summed E-state index contributed by atoms with van der Waals surface area (Å²) >= 11 is 11.9. The fourth-order valence-corrected chi connectivity index (χ4v) is 2.01. The summed E-state index contributed by atoms with van der Waals surface area (Å²) in [5.41, 5.74) is 3.21. The smallest absolute Gasteiger partial charge is 0.0598 e. The van der Waals surface area contributed by atoms with E-state index in [1.54, 1.807) is 6.07 Å². The van der Waals surface area contributed by atoms with Gasteiger partial charge in [0.25, 0.3) is 0 Å². The van der Waals surface area contributed by atoms with Crippen molar-refractivity contribution in [1.29, 1.82) is 0 Å². The largest absolute Gasteiger partial charge is 0.396 e. The first-order valence-electron chi connectivity index (χ1n) is 5.36. The SMILES string of the molecule is OCCc1cccc(-c2ccc(Cl)c(Cl)c2)c1. The quantitative estimate of drug-likeness (QED) is 0.883. The molecular formula is C14H12Cl2O. The van der Waals surface area contributed by atoms with Gasteiger partial charge in [0.05, 0.1) is 10.0 Å². The van der Waals surface area contributed by atoms with Crippen LogP contribution in [0.25, 0.3) is 11.1 Å². The highest BCUT2D eigenvalue weighted by Crippen LogP contribution is 2.28. The molecule has 0 heterocycles. The van der Waals surface area contributed by atoms with E-state index in [0.717, 1.165) is 16.7 Å². The van der Waals surface area contributed by atoms with Crippen LogP contribution in [0.5, 0.6) is 0 Å². The van der Waals surface area contributed by atoms with Gasteiger partial charge in [-0.25, -0.2) is 0 Å². The second-order valence-electron chi connectivity index (χ2n) is 3.80. The summed E-state index contributed by atoms with van der Waals surface area (Å²) in [4.78, 5) is 0. The van der Waals surface area contributed by atoms with Crippen LogP contribution in [0.15, 0.2) is 42.5 Å². The normalized spacial score (nSPS) is 10.5. The van der Waals surface area contributed by atoms with Gasteiger partial charge in [-0.3, -0.25) is 0 Å². The van der Waals surface area contributed by atoms with Gasteiger partial charge in [0.15, 0.2) is 0 Å². The zero-order valence-corrected chi connectivity index (χ0v) is 10.7. The molecule has 0 aliphatic rings. The summed E-state index contributed by atoms with van der Waals surface area (Å²) in [6, 6.07) is 13.6. The Kier molecular flexibility index (Phi) is 4.06. The van der Waals surface area contributed by atoms with Crippen LogP contribution in [-0.2, 0) is 6.42 Å². The molecule has 2 aromatic carbocycles. The molecule has 0 aliphatic heterocycles. The van der Waals surface area contributed by atoms with Crippen LogP contribution in [-0.4, -0.2) is 11.7 Å². The minimum atomic E-state index is 0.158. The number of aliphatic hydroxyl groups excluding tert-OH is 1. The van der Waals surface area contributed by atoms with E-state index < -0.39 is 0 Å². The van der Waals surface area contributed by atoms with Crippen molar-refractivity contribution < 1.29 is 5.11 Å². The highest BCUT2D eigenvalue weighted by atomic mass is 35.5. The maximum Gasteiger partial charge on any atom is 0.0598 e. The molecule has 0 fully saturated rings. The van der Waals surface area contributed by atoms with Crippen molar-refractivity contribution in [3.63, 3.8) is 0 Å². The summed E-state index contributed by atoms with van der Waals surface area (Å²) < 4.78 is 0. The van der Waals surface area contributed by atoms with E-state index >= 15 is 0 Å². The van der Waals surface area contributed by atoms with Crippen LogP contribution in [0.4, 0.5) is 0 Å². The lowest BCUT2D eigenvalue weighted by atomic mass is 10.0. The third kappa shape index (κ3) is 3.01. The van der Waals surface area contributed by atoms with Gasteiger partial charge < -0.3 is 5.11 Å². The Morgan fingerprint density at radius 3 is 2.35 bits per heavy atom.